The third-order valence-corrected chi connectivity index (χ3v) is 10.8. The van der Waals surface area contributed by atoms with E-state index < -0.39 is 11.9 Å². The minimum atomic E-state index is -0.897. The molecule has 0 aromatic carbocycles. The number of carbonyl (C=O) groups excluding carboxylic acids is 2. The van der Waals surface area contributed by atoms with Gasteiger partial charge in [0, 0.05) is 53.2 Å². The number of carbonyl (C=O) groups is 4. The van der Waals surface area contributed by atoms with Crippen LogP contribution in [0.5, 0.6) is 0 Å². The van der Waals surface area contributed by atoms with Crippen molar-refractivity contribution in [3.05, 3.63) is 56.2 Å². The number of aliphatic carboxylic acids is 2. The van der Waals surface area contributed by atoms with Crippen LogP contribution in [0.15, 0.2) is 33.7 Å². The number of amides is 2. The van der Waals surface area contributed by atoms with Gasteiger partial charge in [0.05, 0.1) is 12.0 Å². The fourth-order valence-electron chi connectivity index (χ4n) is 6.94. The average Bonchev–Trinajstić information content (AvgIpc) is 3.56. The van der Waals surface area contributed by atoms with Crippen molar-refractivity contribution in [1.82, 2.24) is 20.9 Å². The van der Waals surface area contributed by atoms with Crippen molar-refractivity contribution in [3.8, 4) is 0 Å². The van der Waals surface area contributed by atoms with Gasteiger partial charge in [0.25, 0.3) is 0 Å². The van der Waals surface area contributed by atoms with Crippen molar-refractivity contribution in [1.29, 1.82) is 0 Å². The summed E-state index contributed by atoms with van der Waals surface area (Å²) >= 11 is 1.36. The van der Waals surface area contributed by atoms with E-state index >= 15 is 0 Å². The number of aromatic amines is 1. The first-order valence-corrected chi connectivity index (χ1v) is 16.8. The van der Waals surface area contributed by atoms with Gasteiger partial charge in [-0.15, -0.1) is 0 Å². The lowest BCUT2D eigenvalue weighted by Gasteiger charge is -2.20. The van der Waals surface area contributed by atoms with E-state index in [-0.39, 0.29) is 48.6 Å². The van der Waals surface area contributed by atoms with Crippen LogP contribution in [0.3, 0.4) is 0 Å². The number of hydrogen-bond acceptors (Lipinski definition) is 6. The summed E-state index contributed by atoms with van der Waals surface area (Å²) in [4.78, 5) is 51.8. The van der Waals surface area contributed by atoms with Crippen LogP contribution in [0.1, 0.15) is 75.4 Å². The first kappa shape index (κ1) is 32.6. The Labute approximate surface area is 267 Å². The number of hydrogen-bond donors (Lipinski definition) is 7. The van der Waals surface area contributed by atoms with E-state index in [1.54, 1.807) is 0 Å². The van der Waals surface area contributed by atoms with Crippen LogP contribution in [0.4, 0.5) is 0 Å². The molecule has 5 heterocycles. The number of H-pyrrole nitrogens is 1. The first-order chi connectivity index (χ1) is 21.4. The second kappa shape index (κ2) is 13.3. The van der Waals surface area contributed by atoms with Crippen LogP contribution in [-0.2, 0) is 37.4 Å². The Morgan fingerprint density at radius 2 is 1.58 bits per heavy atom. The molecular formula is C33H44N5O6S+. The van der Waals surface area contributed by atoms with Gasteiger partial charge < -0.3 is 36.9 Å². The Balaban J connectivity index is 1.50. The van der Waals surface area contributed by atoms with E-state index in [1.165, 1.54) is 11.8 Å². The zero-order valence-electron chi connectivity index (χ0n) is 26.3. The summed E-state index contributed by atoms with van der Waals surface area (Å²) in [6, 6.07) is -0.294. The van der Waals surface area contributed by atoms with Gasteiger partial charge in [-0.05, 0) is 105 Å². The van der Waals surface area contributed by atoms with Gasteiger partial charge >= 0.3 is 11.9 Å². The molecule has 5 atom stereocenters. The summed E-state index contributed by atoms with van der Waals surface area (Å²) in [5.74, 6) is -0.739. The Morgan fingerprint density at radius 1 is 0.933 bits per heavy atom. The highest BCUT2D eigenvalue weighted by Crippen LogP contribution is 2.39. The number of aromatic nitrogens is 1. The van der Waals surface area contributed by atoms with Crippen molar-refractivity contribution in [2.24, 2.45) is 17.6 Å². The molecule has 8 N–H and O–H groups in total. The third kappa shape index (κ3) is 6.91. The van der Waals surface area contributed by atoms with Gasteiger partial charge in [0.15, 0.2) is 11.0 Å². The molecule has 2 amide bonds. The summed E-state index contributed by atoms with van der Waals surface area (Å²) in [6.07, 6.45) is 5.62. The summed E-state index contributed by atoms with van der Waals surface area (Å²) in [5.41, 5.74) is 14.4. The van der Waals surface area contributed by atoms with Gasteiger partial charge in [-0.25, -0.2) is 0 Å². The largest absolute Gasteiger partial charge is 0.481 e. The van der Waals surface area contributed by atoms with E-state index in [4.69, 9.17) is 5.73 Å². The fourth-order valence-corrected chi connectivity index (χ4v) is 7.93. The molecule has 0 aliphatic carbocycles. The SMILES string of the molecule is CC1=C(CCC(=O)O)/C(=C/c2[nH]c(/C=C3\NC(=O)[C@H](C)[C@H]3[C@@H]3C[SH+]3)c(C)c2CCC(=O)O)NC1C[C@H]1NC(=O)C(CCN)=C1C. The lowest BCUT2D eigenvalue weighted by Crippen LogP contribution is -2.36. The predicted molar refractivity (Wildman–Crippen MR) is 175 cm³/mol. The normalized spacial score (nSPS) is 27.9. The molecule has 1 aromatic rings. The zero-order chi connectivity index (χ0) is 32.6. The monoisotopic (exact) mass is 638 g/mol. The maximum Gasteiger partial charge on any atom is 0.303 e. The maximum absolute atomic E-state index is 12.6. The van der Waals surface area contributed by atoms with Crippen LogP contribution in [0, 0.1) is 18.8 Å². The molecule has 0 spiro atoms. The van der Waals surface area contributed by atoms with Crippen molar-refractivity contribution >= 4 is 47.7 Å². The highest BCUT2D eigenvalue weighted by Gasteiger charge is 2.52. The first-order valence-electron chi connectivity index (χ1n) is 15.6. The smallest absolute Gasteiger partial charge is 0.303 e. The minimum absolute atomic E-state index is 0.0227. The molecule has 0 bridgehead atoms. The number of nitrogens with two attached hydrogens (primary N) is 1. The Hall–Kier alpha value is -3.77. The highest BCUT2D eigenvalue weighted by molar-refractivity contribution is 7.86. The molecular weight excluding hydrogens is 594 g/mol. The molecule has 242 valence electrons. The minimum Gasteiger partial charge on any atom is -0.481 e. The van der Waals surface area contributed by atoms with Crippen LogP contribution >= 0.6 is 0 Å². The van der Waals surface area contributed by atoms with Gasteiger partial charge in [-0.1, -0.05) is 6.92 Å². The van der Waals surface area contributed by atoms with E-state index in [0.29, 0.717) is 37.5 Å². The Morgan fingerprint density at radius 3 is 2.22 bits per heavy atom. The summed E-state index contributed by atoms with van der Waals surface area (Å²) in [7, 11) is 0. The van der Waals surface area contributed by atoms with E-state index in [1.807, 2.05) is 39.8 Å². The maximum atomic E-state index is 12.6. The molecule has 0 radical (unpaired) electrons. The number of rotatable bonds is 13. The Kier molecular flexibility index (Phi) is 9.64. The van der Waals surface area contributed by atoms with E-state index in [9.17, 15) is 29.4 Å². The second-order valence-corrected chi connectivity index (χ2v) is 14.0. The Bertz CT molecular complexity index is 1550. The topological polar surface area (TPSA) is 187 Å². The lowest BCUT2D eigenvalue weighted by atomic mass is 9.91. The lowest BCUT2D eigenvalue weighted by molar-refractivity contribution is -0.138. The highest BCUT2D eigenvalue weighted by atomic mass is 32.2. The number of nitrogens with one attached hydrogen (secondary N) is 4. The van der Waals surface area contributed by atoms with Crippen LogP contribution in [0.25, 0.3) is 12.2 Å². The molecule has 0 saturated carbocycles. The van der Waals surface area contributed by atoms with Crippen molar-refractivity contribution in [2.45, 2.75) is 83.6 Å². The van der Waals surface area contributed by atoms with Gasteiger partial charge in [0.1, 0.15) is 0 Å². The summed E-state index contributed by atoms with van der Waals surface area (Å²) < 4.78 is 0. The molecule has 2 fully saturated rings. The number of carboxylic acids is 2. The van der Waals surface area contributed by atoms with Crippen LogP contribution in [-0.4, -0.2) is 68.6 Å². The number of carboxylic acid groups (broad SMARTS) is 2. The standard InChI is InChI=1S/C33H43N5O6S/c1-15-19(5-7-29(39)40)25(35-22(15)11-24-17(3)21(9-10-34)33(44)37-24)13-26-20(6-8-30(41)42)16(2)23(36-26)12-27-31(28-14-45-28)18(4)32(43)38-27/h12-13,18,22,24,28,31,35-36H,5-11,14,34H2,1-4H3,(H,37,44)(H,38,43)(H,39,40)(H,41,42)/p+1/b25-13-,27-12-/t18-,22?,24-,28+,31-/m1/s1. The quantitative estimate of drug-likeness (QED) is 0.0974. The average molecular weight is 639 g/mol. The second-order valence-electron chi connectivity index (χ2n) is 12.6. The summed E-state index contributed by atoms with van der Waals surface area (Å²) in [5, 5.41) is 29.2. The molecule has 1 unspecified atom stereocenters. The third-order valence-electron chi connectivity index (χ3n) is 9.70. The molecule has 11 nitrogen and oxygen atoms in total. The van der Waals surface area contributed by atoms with E-state index in [2.05, 4.69) is 20.9 Å². The number of thiol groups is 1. The van der Waals surface area contributed by atoms with Gasteiger partial charge in [0.2, 0.25) is 11.8 Å². The van der Waals surface area contributed by atoms with Crippen LogP contribution < -0.4 is 21.7 Å². The van der Waals surface area contributed by atoms with Gasteiger partial charge in [-0.3, -0.25) is 19.2 Å². The molecule has 2 saturated heterocycles. The fraction of sp³-hybridized carbons (Fsp3) is 0.515. The molecule has 4 aliphatic rings. The number of allylic oxidation sites excluding steroid dienone is 2. The predicted octanol–water partition coefficient (Wildman–Crippen LogP) is 2.31. The van der Waals surface area contributed by atoms with Crippen LogP contribution in [0.2, 0.25) is 0 Å². The van der Waals surface area contributed by atoms with E-state index in [0.717, 1.165) is 62.0 Å². The van der Waals surface area contributed by atoms with Crippen molar-refractivity contribution < 1.29 is 29.4 Å². The summed E-state index contributed by atoms with van der Waals surface area (Å²) in [6.45, 7) is 8.27. The molecule has 1 aromatic heterocycles. The van der Waals surface area contributed by atoms with Gasteiger partial charge in [-0.2, -0.15) is 0 Å². The molecule has 45 heavy (non-hydrogen) atoms. The zero-order valence-corrected chi connectivity index (χ0v) is 27.1. The molecule has 12 heteroatoms. The van der Waals surface area contributed by atoms with Crippen molar-refractivity contribution in [2.75, 3.05) is 12.3 Å². The van der Waals surface area contributed by atoms with Crippen molar-refractivity contribution in [3.63, 3.8) is 0 Å². The molecule has 4 aliphatic heterocycles. The molecule has 5 rings (SSSR count).